The van der Waals surface area contributed by atoms with Gasteiger partial charge in [-0.1, -0.05) is 0 Å². The quantitative estimate of drug-likeness (QED) is 0.113. The Kier molecular flexibility index (Phi) is 10.0. The molecule has 0 bridgehead atoms. The number of hydrogen-bond donors (Lipinski definition) is 9. The van der Waals surface area contributed by atoms with Gasteiger partial charge in [0, 0.05) is 19.2 Å². The van der Waals surface area contributed by atoms with E-state index in [0.29, 0.717) is 0 Å². The molecule has 11 atom stereocenters. The highest BCUT2D eigenvalue weighted by Crippen LogP contribution is 2.61. The molecule has 2 aliphatic heterocycles. The van der Waals surface area contributed by atoms with Crippen molar-refractivity contribution in [3.05, 3.63) is 33.1 Å². The van der Waals surface area contributed by atoms with Gasteiger partial charge >= 0.3 is 21.3 Å². The van der Waals surface area contributed by atoms with Gasteiger partial charge in [-0.25, -0.2) is 13.9 Å². The number of aromatic nitrogens is 2. The highest BCUT2D eigenvalue weighted by molar-refractivity contribution is 7.61. The van der Waals surface area contributed by atoms with Crippen LogP contribution < -0.4 is 22.3 Å². The van der Waals surface area contributed by atoms with Crippen LogP contribution in [-0.2, 0) is 36.8 Å². The Morgan fingerprint density at radius 3 is 2.38 bits per heavy atom. The van der Waals surface area contributed by atoms with Gasteiger partial charge in [-0.2, -0.15) is 4.31 Å². The van der Waals surface area contributed by atoms with Crippen LogP contribution in [0.2, 0.25) is 0 Å². The molecule has 2 fully saturated rings. The highest BCUT2D eigenvalue weighted by Gasteiger charge is 2.49. The summed E-state index contributed by atoms with van der Waals surface area (Å²) in [5.74, 6) is -0.716. The summed E-state index contributed by atoms with van der Waals surface area (Å²) in [6, 6.07) is -1.91. The van der Waals surface area contributed by atoms with E-state index in [0.717, 1.165) is 23.8 Å². The van der Waals surface area contributed by atoms with Crippen molar-refractivity contribution in [1.82, 2.24) is 14.9 Å². The summed E-state index contributed by atoms with van der Waals surface area (Å²) in [7, 11) is -11.1. The number of phosphoric ester groups is 2. The molecular weight excluding hydrogens is 578 g/mol. The minimum Gasteiger partial charge on any atom is -0.394 e. The highest BCUT2D eigenvalue weighted by atomic mass is 31.3. The molecule has 2 unspecified atom stereocenters. The van der Waals surface area contributed by atoms with Crippen LogP contribution in [0.4, 0.5) is 0 Å². The van der Waals surface area contributed by atoms with Gasteiger partial charge in [0.05, 0.1) is 31.4 Å². The van der Waals surface area contributed by atoms with Gasteiger partial charge < -0.3 is 50.7 Å². The third-order valence-electron chi connectivity index (χ3n) is 5.65. The molecule has 10 N–H and O–H groups in total. The second-order valence-corrected chi connectivity index (χ2v) is 11.5. The fraction of sp³-hybridized carbons (Fsp3) is 0.706. The summed E-state index contributed by atoms with van der Waals surface area (Å²) in [5, 5.41) is 42.0. The lowest BCUT2D eigenvalue weighted by molar-refractivity contribution is -0.220. The lowest BCUT2D eigenvalue weighted by Gasteiger charge is -2.42. The number of aliphatic hydroxyl groups is 4. The van der Waals surface area contributed by atoms with Crippen LogP contribution in [0.5, 0.6) is 0 Å². The summed E-state index contributed by atoms with van der Waals surface area (Å²) < 4.78 is 49.5. The van der Waals surface area contributed by atoms with E-state index in [9.17, 15) is 53.7 Å². The van der Waals surface area contributed by atoms with Crippen molar-refractivity contribution in [3.63, 3.8) is 0 Å². The number of carbonyl (C=O) groups is 1. The molecular formula is C17H28N4O16P2. The molecule has 1 aromatic heterocycles. The molecule has 3 rings (SSSR count). The first-order valence-corrected chi connectivity index (χ1v) is 14.0. The maximum Gasteiger partial charge on any atom is 0.483 e. The number of aromatic amines is 1. The average Bonchev–Trinajstić information content (AvgIpc) is 3.10. The second kappa shape index (κ2) is 12.3. The summed E-state index contributed by atoms with van der Waals surface area (Å²) in [5.41, 5.74) is 4.07. The number of nitrogens with one attached hydrogen (secondary N) is 2. The lowest BCUT2D eigenvalue weighted by Crippen LogP contribution is -2.67. The fourth-order valence-corrected chi connectivity index (χ4v) is 5.98. The van der Waals surface area contributed by atoms with Crippen molar-refractivity contribution in [1.29, 1.82) is 0 Å². The molecule has 39 heavy (non-hydrogen) atoms. The molecule has 222 valence electrons. The summed E-state index contributed by atoms with van der Waals surface area (Å²) >= 11 is 0. The smallest absolute Gasteiger partial charge is 0.394 e. The van der Waals surface area contributed by atoms with Crippen LogP contribution in [0.25, 0.3) is 0 Å². The zero-order valence-electron chi connectivity index (χ0n) is 19.9. The van der Waals surface area contributed by atoms with Gasteiger partial charge in [0.1, 0.15) is 24.4 Å². The van der Waals surface area contributed by atoms with Crippen LogP contribution in [0, 0.1) is 0 Å². The van der Waals surface area contributed by atoms with E-state index in [1.54, 1.807) is 0 Å². The maximum atomic E-state index is 12.5. The molecule has 1 aromatic rings. The number of hydrogen-bond acceptors (Lipinski definition) is 15. The average molecular weight is 606 g/mol. The summed E-state index contributed by atoms with van der Waals surface area (Å²) in [6.07, 6.45) is -10.6. The number of nitrogens with zero attached hydrogens (tertiary/aromatic N) is 1. The van der Waals surface area contributed by atoms with Crippen LogP contribution in [0.3, 0.4) is 0 Å². The first-order chi connectivity index (χ1) is 18.0. The standard InChI is InChI=1S/C17H28N4O16P2/c1-6(23)19-11-10(18)12(25)7(4-22)35-16(11)36-39(31,32)37-38(29,30)33-5-8-13(26)14(27)15(34-8)21-3-2-9(24)20-17(21)28/h2-3,7-8,10-16,22,25-27H,4-5,18H2,1H3,(H,19,23)(H,29,30)(H,31,32)(H,20,24,28)/t7-,8-,10-,11-,12-,13-,14-,15-,16-/m1/s1. The van der Waals surface area contributed by atoms with Crippen LogP contribution in [0.1, 0.15) is 13.2 Å². The molecule has 2 saturated heterocycles. The number of H-pyrrole nitrogens is 1. The van der Waals surface area contributed by atoms with Crippen molar-refractivity contribution < 1.29 is 67.0 Å². The Morgan fingerprint density at radius 1 is 1.13 bits per heavy atom. The molecule has 3 heterocycles. The lowest BCUT2D eigenvalue weighted by atomic mass is 9.95. The maximum absolute atomic E-state index is 12.5. The van der Waals surface area contributed by atoms with Gasteiger partial charge in [-0.3, -0.25) is 28.2 Å². The van der Waals surface area contributed by atoms with Crippen molar-refractivity contribution in [2.24, 2.45) is 5.73 Å². The molecule has 20 nitrogen and oxygen atoms in total. The van der Waals surface area contributed by atoms with E-state index in [-0.39, 0.29) is 0 Å². The third-order valence-corrected chi connectivity index (χ3v) is 8.25. The van der Waals surface area contributed by atoms with E-state index in [4.69, 9.17) is 19.7 Å². The molecule has 22 heteroatoms. The van der Waals surface area contributed by atoms with Crippen molar-refractivity contribution >= 4 is 21.6 Å². The second-order valence-electron chi connectivity index (χ2n) is 8.50. The van der Waals surface area contributed by atoms with Crippen molar-refractivity contribution in [2.45, 2.75) is 62.0 Å². The SMILES string of the molecule is CC(=O)N[C@H]1[C@@H](OP(=O)(O)OP(=O)(O)OC[C@H]2O[C@@H](n3ccc(=O)[nH]c3=O)[C@H](O)[C@@H]2O)O[C@H](CO)[C@@H](O)[C@@H]1N. The van der Waals surface area contributed by atoms with E-state index in [2.05, 4.69) is 14.2 Å². The van der Waals surface area contributed by atoms with Crippen LogP contribution in [0.15, 0.2) is 21.9 Å². The minimum absolute atomic E-state index is 0.716. The first kappa shape index (κ1) is 31.7. The topological polar surface area (TPSA) is 312 Å². The first-order valence-electron chi connectivity index (χ1n) is 11.0. The molecule has 0 radical (unpaired) electrons. The van der Waals surface area contributed by atoms with Gasteiger partial charge in [0.2, 0.25) is 5.91 Å². The zero-order chi connectivity index (χ0) is 29.3. The molecule has 0 aliphatic carbocycles. The Morgan fingerprint density at radius 2 is 1.79 bits per heavy atom. The predicted molar refractivity (Wildman–Crippen MR) is 122 cm³/mol. The molecule has 0 saturated carbocycles. The zero-order valence-corrected chi connectivity index (χ0v) is 21.7. The predicted octanol–water partition coefficient (Wildman–Crippen LogP) is -4.68. The van der Waals surface area contributed by atoms with Gasteiger partial charge in [-0.15, -0.1) is 0 Å². The van der Waals surface area contributed by atoms with E-state index >= 15 is 0 Å². The van der Waals surface area contributed by atoms with Gasteiger partial charge in [0.25, 0.3) is 5.56 Å². The van der Waals surface area contributed by atoms with E-state index in [1.165, 1.54) is 0 Å². The normalized spacial score (nSPS) is 36.2. The number of nitrogens with two attached hydrogens (primary N) is 1. The number of carbonyl (C=O) groups excluding carboxylic acids is 1. The Hall–Kier alpha value is -1.87. The van der Waals surface area contributed by atoms with E-state index < -0.39 is 101 Å². The summed E-state index contributed by atoms with van der Waals surface area (Å²) in [6.45, 7) is -0.784. The van der Waals surface area contributed by atoms with E-state index in [1.807, 2.05) is 4.98 Å². The Labute approximate surface area is 218 Å². The van der Waals surface area contributed by atoms with Gasteiger partial charge in [-0.05, 0) is 0 Å². The van der Waals surface area contributed by atoms with Gasteiger partial charge in [0.15, 0.2) is 12.5 Å². The number of rotatable bonds is 10. The summed E-state index contributed by atoms with van der Waals surface area (Å²) in [4.78, 5) is 56.6. The minimum atomic E-state index is -5.57. The molecule has 0 spiro atoms. The van der Waals surface area contributed by atoms with Crippen LogP contribution in [-0.4, -0.2) is 108 Å². The number of ether oxygens (including phenoxy) is 2. The molecule has 2 aliphatic rings. The monoisotopic (exact) mass is 606 g/mol. The largest absolute Gasteiger partial charge is 0.483 e. The fourth-order valence-electron chi connectivity index (χ4n) is 3.82. The van der Waals surface area contributed by atoms with Crippen molar-refractivity contribution in [2.75, 3.05) is 13.2 Å². The number of phosphoric acid groups is 2. The van der Waals surface area contributed by atoms with Crippen LogP contribution >= 0.6 is 15.6 Å². The third kappa shape index (κ3) is 7.66. The Balaban J connectivity index is 1.66. The molecule has 1 amide bonds. The molecule has 0 aromatic carbocycles. The Bertz CT molecular complexity index is 1240. The number of amides is 1. The van der Waals surface area contributed by atoms with Crippen molar-refractivity contribution in [3.8, 4) is 0 Å². The number of aliphatic hydroxyl groups excluding tert-OH is 4.